The second kappa shape index (κ2) is 5.27. The van der Waals surface area contributed by atoms with E-state index in [1.54, 1.807) is 34.1 Å². The van der Waals surface area contributed by atoms with E-state index in [4.69, 9.17) is 4.74 Å². The molecule has 3 saturated heterocycles. The fourth-order valence-corrected chi connectivity index (χ4v) is 6.26. The van der Waals surface area contributed by atoms with Crippen molar-refractivity contribution in [2.45, 2.75) is 48.4 Å². The van der Waals surface area contributed by atoms with E-state index in [1.165, 1.54) is 6.33 Å². The van der Waals surface area contributed by atoms with Gasteiger partial charge in [0.15, 0.2) is 5.03 Å². The molecule has 1 aromatic rings. The smallest absolute Gasteiger partial charge is 0.262 e. The van der Waals surface area contributed by atoms with Crippen molar-refractivity contribution in [3.05, 3.63) is 12.5 Å². The van der Waals surface area contributed by atoms with Gasteiger partial charge in [-0.3, -0.25) is 4.79 Å². The summed E-state index contributed by atoms with van der Waals surface area (Å²) in [7, 11) is -0.0497. The van der Waals surface area contributed by atoms with Crippen LogP contribution in [0.4, 0.5) is 0 Å². The minimum atomic E-state index is -3.59. The number of rotatable bonds is 2. The summed E-state index contributed by atoms with van der Waals surface area (Å²) in [4.78, 5) is 17.4. The van der Waals surface area contributed by atoms with Gasteiger partial charge < -0.3 is 14.2 Å². The molecule has 3 aliphatic heterocycles. The molecule has 4 rings (SSSR count). The van der Waals surface area contributed by atoms with Crippen LogP contribution in [-0.2, 0) is 26.6 Å². The van der Waals surface area contributed by atoms with Gasteiger partial charge in [-0.25, -0.2) is 13.4 Å². The zero-order chi connectivity index (χ0) is 17.1. The second-order valence-electron chi connectivity index (χ2n) is 7.23. The standard InChI is InChI=1S/C15H22N4O4S/c1-17-7-13(16-10-17)24(21,22)19-11-3-4-12(19)6-15(5-11)9-18(2)14(20)8-23-15/h7,10-12H,3-6,8-9H2,1-2H3. The van der Waals surface area contributed by atoms with Gasteiger partial charge in [-0.15, -0.1) is 0 Å². The molecule has 1 spiro atoms. The van der Waals surface area contributed by atoms with Crippen LogP contribution in [0.2, 0.25) is 0 Å². The van der Waals surface area contributed by atoms with Gasteiger partial charge >= 0.3 is 0 Å². The summed E-state index contributed by atoms with van der Waals surface area (Å²) in [6.45, 7) is 0.624. The number of aryl methyl sites for hydroxylation is 1. The number of carbonyl (C=O) groups excluding carboxylic acids is 1. The number of fused-ring (bicyclic) bond motifs is 2. The largest absolute Gasteiger partial charge is 0.363 e. The van der Waals surface area contributed by atoms with E-state index in [0.717, 1.165) is 12.8 Å². The van der Waals surface area contributed by atoms with Gasteiger partial charge in [0, 0.05) is 38.9 Å². The lowest BCUT2D eigenvalue weighted by Gasteiger charge is -2.48. The first-order chi connectivity index (χ1) is 11.3. The molecule has 24 heavy (non-hydrogen) atoms. The quantitative estimate of drug-likeness (QED) is 0.744. The number of nitrogens with zero attached hydrogens (tertiary/aromatic N) is 4. The van der Waals surface area contributed by atoms with Crippen LogP contribution in [0.25, 0.3) is 0 Å². The molecule has 0 radical (unpaired) electrons. The predicted molar refractivity (Wildman–Crippen MR) is 84.6 cm³/mol. The topological polar surface area (TPSA) is 84.7 Å². The summed E-state index contributed by atoms with van der Waals surface area (Å²) in [5.41, 5.74) is -0.412. The maximum atomic E-state index is 13.0. The Morgan fingerprint density at radius 1 is 1.25 bits per heavy atom. The molecule has 0 saturated carbocycles. The molecule has 2 atom stereocenters. The van der Waals surface area contributed by atoms with Crippen molar-refractivity contribution in [2.75, 3.05) is 20.2 Å². The molecule has 0 N–H and O–H groups in total. The van der Waals surface area contributed by atoms with Gasteiger partial charge in [-0.1, -0.05) is 0 Å². The maximum absolute atomic E-state index is 13.0. The number of imidazole rings is 1. The van der Waals surface area contributed by atoms with Crippen LogP contribution in [0, 0.1) is 0 Å². The average molecular weight is 354 g/mol. The van der Waals surface area contributed by atoms with E-state index < -0.39 is 15.6 Å². The third-order valence-corrected chi connectivity index (χ3v) is 7.33. The molecular formula is C15H22N4O4S. The molecule has 8 nitrogen and oxygen atoms in total. The summed E-state index contributed by atoms with van der Waals surface area (Å²) >= 11 is 0. The Kier molecular flexibility index (Phi) is 3.52. The number of amides is 1. The fraction of sp³-hybridized carbons (Fsp3) is 0.733. The van der Waals surface area contributed by atoms with Crippen LogP contribution in [0.15, 0.2) is 17.6 Å². The Morgan fingerprint density at radius 3 is 2.46 bits per heavy atom. The highest BCUT2D eigenvalue weighted by molar-refractivity contribution is 7.89. The Bertz CT molecular complexity index is 760. The second-order valence-corrected chi connectivity index (χ2v) is 9.02. The van der Waals surface area contributed by atoms with Crippen molar-refractivity contribution >= 4 is 15.9 Å². The maximum Gasteiger partial charge on any atom is 0.262 e. The van der Waals surface area contributed by atoms with Crippen molar-refractivity contribution < 1.29 is 17.9 Å². The number of hydrogen-bond donors (Lipinski definition) is 0. The first-order valence-electron chi connectivity index (χ1n) is 8.20. The number of sulfonamides is 1. The minimum absolute atomic E-state index is 0.0171. The number of aromatic nitrogens is 2. The molecular weight excluding hydrogens is 332 g/mol. The first kappa shape index (κ1) is 16.0. The lowest BCUT2D eigenvalue weighted by Crippen LogP contribution is -2.61. The third-order valence-electron chi connectivity index (χ3n) is 5.44. The molecule has 2 unspecified atom stereocenters. The minimum Gasteiger partial charge on any atom is -0.363 e. The Hall–Kier alpha value is -1.45. The Balaban J connectivity index is 1.61. The molecule has 0 aliphatic carbocycles. The highest BCUT2D eigenvalue weighted by Crippen LogP contribution is 2.46. The summed E-state index contributed by atoms with van der Waals surface area (Å²) in [5, 5.41) is 0.106. The van der Waals surface area contributed by atoms with Crippen molar-refractivity contribution in [3.8, 4) is 0 Å². The van der Waals surface area contributed by atoms with Crippen LogP contribution in [0.1, 0.15) is 25.7 Å². The highest BCUT2D eigenvalue weighted by atomic mass is 32.2. The molecule has 3 fully saturated rings. The van der Waals surface area contributed by atoms with Crippen molar-refractivity contribution in [1.82, 2.24) is 18.8 Å². The van der Waals surface area contributed by atoms with Crippen molar-refractivity contribution in [2.24, 2.45) is 7.05 Å². The predicted octanol–water partition coefficient (Wildman–Crippen LogP) is -0.0370. The van der Waals surface area contributed by atoms with Gasteiger partial charge in [0.25, 0.3) is 10.0 Å². The van der Waals surface area contributed by atoms with Gasteiger partial charge in [0.1, 0.15) is 6.61 Å². The first-order valence-corrected chi connectivity index (χ1v) is 9.64. The molecule has 1 aromatic heterocycles. The average Bonchev–Trinajstić information content (AvgIpc) is 3.07. The Morgan fingerprint density at radius 2 is 1.92 bits per heavy atom. The number of hydrogen-bond acceptors (Lipinski definition) is 5. The number of piperidine rings is 1. The number of morpholine rings is 1. The molecule has 132 valence electrons. The third kappa shape index (κ3) is 2.37. The van der Waals surface area contributed by atoms with Crippen LogP contribution in [-0.4, -0.2) is 71.0 Å². The molecule has 2 bridgehead atoms. The monoisotopic (exact) mass is 354 g/mol. The van der Waals surface area contributed by atoms with E-state index in [1.807, 2.05) is 0 Å². The Labute approximate surface area is 141 Å². The zero-order valence-electron chi connectivity index (χ0n) is 13.9. The SMILES string of the molecule is CN1CC2(CC3CCC(C2)N3S(=O)(=O)c2cn(C)cn2)OCC1=O. The lowest BCUT2D eigenvalue weighted by atomic mass is 9.86. The normalized spacial score (nSPS) is 34.2. The molecule has 0 aromatic carbocycles. The van der Waals surface area contributed by atoms with E-state index in [-0.39, 0.29) is 29.6 Å². The zero-order valence-corrected chi connectivity index (χ0v) is 14.7. The van der Waals surface area contributed by atoms with Crippen molar-refractivity contribution in [1.29, 1.82) is 0 Å². The van der Waals surface area contributed by atoms with Gasteiger partial charge in [-0.2, -0.15) is 4.31 Å². The molecule has 1 amide bonds. The lowest BCUT2D eigenvalue weighted by molar-refractivity contribution is -0.170. The number of ether oxygens (including phenoxy) is 1. The van der Waals surface area contributed by atoms with Crippen LogP contribution >= 0.6 is 0 Å². The molecule has 4 heterocycles. The van der Waals surface area contributed by atoms with Crippen LogP contribution in [0.3, 0.4) is 0 Å². The van der Waals surface area contributed by atoms with Gasteiger partial charge in [0.2, 0.25) is 5.91 Å². The van der Waals surface area contributed by atoms with Gasteiger partial charge in [0.05, 0.1) is 11.9 Å². The van der Waals surface area contributed by atoms with E-state index in [9.17, 15) is 13.2 Å². The molecule has 9 heteroatoms. The van der Waals surface area contributed by atoms with Crippen LogP contribution < -0.4 is 0 Å². The number of likely N-dealkylation sites (N-methyl/N-ethyl adjacent to an activating group) is 1. The summed E-state index contributed by atoms with van der Waals surface area (Å²) in [6, 6.07) is -0.172. The number of carbonyl (C=O) groups is 1. The van der Waals surface area contributed by atoms with E-state index in [2.05, 4.69) is 4.98 Å². The van der Waals surface area contributed by atoms with Crippen LogP contribution in [0.5, 0.6) is 0 Å². The summed E-state index contributed by atoms with van der Waals surface area (Å²) in [5.74, 6) is -0.0171. The van der Waals surface area contributed by atoms with Gasteiger partial charge in [-0.05, 0) is 25.7 Å². The van der Waals surface area contributed by atoms with Crippen molar-refractivity contribution in [3.63, 3.8) is 0 Å². The fourth-order valence-electron chi connectivity index (χ4n) is 4.42. The van der Waals surface area contributed by atoms with E-state index >= 15 is 0 Å². The summed E-state index contributed by atoms with van der Waals surface area (Å²) < 4.78 is 35.2. The highest BCUT2D eigenvalue weighted by Gasteiger charge is 2.55. The van der Waals surface area contributed by atoms with E-state index in [0.29, 0.717) is 19.4 Å². The summed E-state index contributed by atoms with van der Waals surface area (Å²) in [6.07, 6.45) is 5.98. The molecule has 3 aliphatic rings.